The molecule has 0 radical (unpaired) electrons. The summed E-state index contributed by atoms with van der Waals surface area (Å²) >= 11 is 6.40. The Morgan fingerprint density at radius 3 is 2.90 bits per heavy atom. The Bertz CT molecular complexity index is 1010. The van der Waals surface area contributed by atoms with Gasteiger partial charge in [0.15, 0.2) is 0 Å². The second-order valence-electron chi connectivity index (χ2n) is 8.28. The van der Waals surface area contributed by atoms with Crippen LogP contribution >= 0.6 is 11.6 Å². The molecule has 4 atom stereocenters. The van der Waals surface area contributed by atoms with Gasteiger partial charge in [0, 0.05) is 41.7 Å². The van der Waals surface area contributed by atoms with Gasteiger partial charge in [0.1, 0.15) is 6.07 Å². The molecule has 4 rings (SSSR count). The van der Waals surface area contributed by atoms with Gasteiger partial charge >= 0.3 is 0 Å². The van der Waals surface area contributed by atoms with Crippen molar-refractivity contribution >= 4 is 17.5 Å². The number of aryl methyl sites for hydroxylation is 2. The Kier molecular flexibility index (Phi) is 5.83. The number of carbonyl (C=O) groups is 1. The molecule has 2 aliphatic rings. The maximum Gasteiger partial charge on any atom is 0.237 e. The SMILES string of the molecule is CCc1cc(Cl)cc(-c2c(C3CCC4C(=O)NNC(CN)C4C3)cnn2C)c1C#N. The van der Waals surface area contributed by atoms with Crippen molar-refractivity contribution in [3.8, 4) is 17.3 Å². The van der Waals surface area contributed by atoms with Crippen LogP contribution in [0.1, 0.15) is 48.8 Å². The number of carbonyl (C=O) groups excluding carboxylic acids is 1. The van der Waals surface area contributed by atoms with Gasteiger partial charge in [-0.1, -0.05) is 18.5 Å². The third kappa shape index (κ3) is 3.49. The van der Waals surface area contributed by atoms with E-state index in [0.29, 0.717) is 17.1 Å². The van der Waals surface area contributed by atoms with Crippen molar-refractivity contribution in [2.24, 2.45) is 24.6 Å². The van der Waals surface area contributed by atoms with Crippen LogP contribution in [-0.4, -0.2) is 28.3 Å². The molecule has 158 valence electrons. The molecular weight excluding hydrogens is 400 g/mol. The van der Waals surface area contributed by atoms with Crippen molar-refractivity contribution in [2.45, 2.75) is 44.6 Å². The van der Waals surface area contributed by atoms with E-state index in [2.05, 4.69) is 22.0 Å². The molecule has 30 heavy (non-hydrogen) atoms. The molecule has 1 aliphatic carbocycles. The Balaban J connectivity index is 1.75. The fourth-order valence-electron chi connectivity index (χ4n) is 5.20. The zero-order valence-corrected chi connectivity index (χ0v) is 18.0. The quantitative estimate of drug-likeness (QED) is 0.696. The topological polar surface area (TPSA) is 109 Å². The monoisotopic (exact) mass is 426 g/mol. The minimum atomic E-state index is -0.0105. The van der Waals surface area contributed by atoms with E-state index in [9.17, 15) is 10.1 Å². The predicted octanol–water partition coefficient (Wildman–Crippen LogP) is 2.64. The molecule has 2 aromatic rings. The van der Waals surface area contributed by atoms with E-state index in [1.54, 1.807) is 0 Å². The highest BCUT2D eigenvalue weighted by atomic mass is 35.5. The number of hydrogen-bond donors (Lipinski definition) is 3. The van der Waals surface area contributed by atoms with Crippen molar-refractivity contribution < 1.29 is 4.79 Å². The van der Waals surface area contributed by atoms with Crippen LogP contribution in [-0.2, 0) is 18.3 Å². The van der Waals surface area contributed by atoms with Crippen LogP contribution in [0.5, 0.6) is 0 Å². The molecule has 0 bridgehead atoms. The van der Waals surface area contributed by atoms with Gasteiger partial charge in [-0.2, -0.15) is 10.4 Å². The highest BCUT2D eigenvalue weighted by molar-refractivity contribution is 6.31. The van der Waals surface area contributed by atoms with Crippen molar-refractivity contribution in [1.29, 1.82) is 5.26 Å². The number of nitrogens with two attached hydrogens (primary N) is 1. The van der Waals surface area contributed by atoms with Crippen LogP contribution in [0.15, 0.2) is 18.3 Å². The third-order valence-electron chi connectivity index (χ3n) is 6.73. The van der Waals surface area contributed by atoms with Gasteiger partial charge < -0.3 is 5.73 Å². The van der Waals surface area contributed by atoms with E-state index in [1.807, 2.05) is 37.0 Å². The normalized spacial score (nSPS) is 26.0. The highest BCUT2D eigenvalue weighted by Gasteiger charge is 2.43. The molecule has 4 unspecified atom stereocenters. The number of aromatic nitrogens is 2. The fourth-order valence-corrected chi connectivity index (χ4v) is 5.44. The van der Waals surface area contributed by atoms with Crippen molar-refractivity contribution in [3.63, 3.8) is 0 Å². The lowest BCUT2D eigenvalue weighted by Gasteiger charge is -2.43. The lowest BCUT2D eigenvalue weighted by molar-refractivity contribution is -0.133. The highest BCUT2D eigenvalue weighted by Crippen LogP contribution is 2.45. The first kappa shape index (κ1) is 20.9. The van der Waals surface area contributed by atoms with Crippen LogP contribution in [0.25, 0.3) is 11.3 Å². The van der Waals surface area contributed by atoms with E-state index in [0.717, 1.165) is 48.1 Å². The molecule has 1 saturated heterocycles. The summed E-state index contributed by atoms with van der Waals surface area (Å²) in [6, 6.07) is 6.16. The molecule has 7 nitrogen and oxygen atoms in total. The molecule has 8 heteroatoms. The number of nitriles is 1. The van der Waals surface area contributed by atoms with Crippen molar-refractivity contribution in [2.75, 3.05) is 6.54 Å². The van der Waals surface area contributed by atoms with Crippen LogP contribution in [0.3, 0.4) is 0 Å². The summed E-state index contributed by atoms with van der Waals surface area (Å²) in [6.07, 6.45) is 5.20. The average molecular weight is 427 g/mol. The van der Waals surface area contributed by atoms with Crippen LogP contribution in [0.2, 0.25) is 5.02 Å². The number of hydrazine groups is 1. The standard InChI is InChI=1S/C22H27ClN6O/c1-3-12-6-14(23)8-17(18(12)9-24)21-19(11-26-29(21)2)13-4-5-15-16(7-13)20(10-25)27-28-22(15)30/h6,8,11,13,15-16,20,27H,3-5,7,10,25H2,1-2H3,(H,28,30). The summed E-state index contributed by atoms with van der Waals surface area (Å²) in [7, 11) is 1.90. The number of rotatable bonds is 4. The molecule has 1 aromatic heterocycles. The van der Waals surface area contributed by atoms with E-state index in [1.165, 1.54) is 0 Å². The first-order valence-corrected chi connectivity index (χ1v) is 10.9. The fraction of sp³-hybridized carbons (Fsp3) is 0.500. The Labute approximate surface area is 181 Å². The molecule has 1 aliphatic heterocycles. The maximum atomic E-state index is 12.3. The molecule has 1 saturated carbocycles. The summed E-state index contributed by atoms with van der Waals surface area (Å²) in [6.45, 7) is 2.50. The van der Waals surface area contributed by atoms with Gasteiger partial charge in [-0.15, -0.1) is 0 Å². The van der Waals surface area contributed by atoms with Gasteiger partial charge in [0.05, 0.1) is 17.5 Å². The number of amides is 1. The molecule has 0 spiro atoms. The average Bonchev–Trinajstić information content (AvgIpc) is 3.14. The number of halogens is 1. The summed E-state index contributed by atoms with van der Waals surface area (Å²) in [5.74, 6) is 0.469. The van der Waals surface area contributed by atoms with Gasteiger partial charge in [0.25, 0.3) is 0 Å². The number of fused-ring (bicyclic) bond motifs is 1. The number of nitrogens with one attached hydrogen (secondary N) is 2. The van der Waals surface area contributed by atoms with Crippen LogP contribution in [0, 0.1) is 23.2 Å². The predicted molar refractivity (Wildman–Crippen MR) is 115 cm³/mol. The smallest absolute Gasteiger partial charge is 0.237 e. The van der Waals surface area contributed by atoms with Gasteiger partial charge in [-0.3, -0.25) is 14.9 Å². The lowest BCUT2D eigenvalue weighted by Crippen LogP contribution is -2.62. The molecule has 2 heterocycles. The summed E-state index contributed by atoms with van der Waals surface area (Å²) in [4.78, 5) is 12.3. The van der Waals surface area contributed by atoms with E-state index in [-0.39, 0.29) is 29.7 Å². The third-order valence-corrected chi connectivity index (χ3v) is 6.95. The van der Waals surface area contributed by atoms with Gasteiger partial charge in [-0.25, -0.2) is 5.43 Å². The molecule has 4 N–H and O–H groups in total. The zero-order chi connectivity index (χ0) is 21.4. The summed E-state index contributed by atoms with van der Waals surface area (Å²) in [5, 5.41) is 15.0. The Morgan fingerprint density at radius 1 is 1.40 bits per heavy atom. The number of nitrogens with zero attached hydrogens (tertiary/aromatic N) is 3. The first-order valence-electron chi connectivity index (χ1n) is 10.5. The minimum Gasteiger partial charge on any atom is -0.329 e. The molecule has 1 aromatic carbocycles. The van der Waals surface area contributed by atoms with E-state index >= 15 is 0 Å². The van der Waals surface area contributed by atoms with Crippen LogP contribution < -0.4 is 16.6 Å². The molecule has 2 fully saturated rings. The van der Waals surface area contributed by atoms with Gasteiger partial charge in [-0.05, 0) is 55.2 Å². The van der Waals surface area contributed by atoms with Crippen LogP contribution in [0.4, 0.5) is 0 Å². The van der Waals surface area contributed by atoms with Crippen molar-refractivity contribution in [1.82, 2.24) is 20.6 Å². The minimum absolute atomic E-state index is 0.0105. The second-order valence-corrected chi connectivity index (χ2v) is 8.72. The first-order chi connectivity index (χ1) is 14.5. The zero-order valence-electron chi connectivity index (χ0n) is 17.3. The number of hydrogen-bond acceptors (Lipinski definition) is 5. The lowest BCUT2D eigenvalue weighted by atomic mass is 9.68. The van der Waals surface area contributed by atoms with E-state index < -0.39 is 0 Å². The van der Waals surface area contributed by atoms with Gasteiger partial charge in [0.2, 0.25) is 5.91 Å². The summed E-state index contributed by atoms with van der Waals surface area (Å²) < 4.78 is 1.83. The van der Waals surface area contributed by atoms with Crippen molar-refractivity contribution in [3.05, 3.63) is 40.0 Å². The van der Waals surface area contributed by atoms with E-state index in [4.69, 9.17) is 17.3 Å². The molecule has 1 amide bonds. The molecular formula is C22H27ClN6O. The summed E-state index contributed by atoms with van der Waals surface area (Å²) in [5.41, 5.74) is 16.3. The maximum absolute atomic E-state index is 12.3. The Morgan fingerprint density at radius 2 is 2.20 bits per heavy atom. The second kappa shape index (κ2) is 8.38. The number of benzene rings is 1. The Hall–Kier alpha value is -2.40. The largest absolute Gasteiger partial charge is 0.329 e.